The molecule has 1 amide bonds. The predicted octanol–water partition coefficient (Wildman–Crippen LogP) is 3.82. The number of pyridine rings is 1. The van der Waals surface area contributed by atoms with Crippen LogP contribution in [0.3, 0.4) is 0 Å². The van der Waals surface area contributed by atoms with Crippen LogP contribution in [0.1, 0.15) is 43.7 Å². The van der Waals surface area contributed by atoms with Crippen LogP contribution in [0.15, 0.2) is 28.0 Å². The zero-order chi connectivity index (χ0) is 20.7. The first-order valence-corrected chi connectivity index (χ1v) is 11.1. The molecule has 0 spiro atoms. The summed E-state index contributed by atoms with van der Waals surface area (Å²) in [7, 11) is 1.65. The number of thioether (sulfide) groups is 1. The Morgan fingerprint density at radius 1 is 1.28 bits per heavy atom. The Kier molecular flexibility index (Phi) is 5.48. The van der Waals surface area contributed by atoms with Gasteiger partial charge in [0.1, 0.15) is 15.8 Å². The van der Waals surface area contributed by atoms with Gasteiger partial charge in [0.15, 0.2) is 0 Å². The van der Waals surface area contributed by atoms with Gasteiger partial charge in [-0.05, 0) is 56.2 Å². The maximum absolute atomic E-state index is 13.3. The van der Waals surface area contributed by atoms with Crippen molar-refractivity contribution in [2.45, 2.75) is 45.6 Å². The number of aromatic nitrogens is 2. The molecule has 2 aliphatic rings. The monoisotopic (exact) mass is 428 g/mol. The summed E-state index contributed by atoms with van der Waals surface area (Å²) in [6, 6.07) is 4.05. The first-order valence-electron chi connectivity index (χ1n) is 9.85. The molecule has 29 heavy (non-hydrogen) atoms. The molecule has 0 unspecified atom stereocenters. The van der Waals surface area contributed by atoms with Crippen molar-refractivity contribution in [2.75, 3.05) is 12.4 Å². The third-order valence-electron chi connectivity index (χ3n) is 5.70. The fraction of sp³-hybridized carbons (Fsp3) is 0.429. The highest BCUT2D eigenvalue weighted by atomic mass is 32.2. The van der Waals surface area contributed by atoms with E-state index in [1.807, 2.05) is 19.1 Å². The summed E-state index contributed by atoms with van der Waals surface area (Å²) in [5, 5.41) is 3.51. The molecule has 0 atom stereocenters. The lowest BCUT2D eigenvalue weighted by Crippen LogP contribution is -2.29. The topological polar surface area (TPSA) is 66.7 Å². The quantitative estimate of drug-likeness (QED) is 0.592. The van der Waals surface area contributed by atoms with Gasteiger partial charge in [-0.3, -0.25) is 18.9 Å². The minimum absolute atomic E-state index is 0.188. The molecule has 1 aliphatic carbocycles. The van der Waals surface area contributed by atoms with E-state index in [0.29, 0.717) is 26.3 Å². The normalized spacial score (nSPS) is 24.0. The third-order valence-corrected chi connectivity index (χ3v) is 7.19. The molecule has 1 saturated carbocycles. The van der Waals surface area contributed by atoms with Crippen molar-refractivity contribution < 1.29 is 4.79 Å². The summed E-state index contributed by atoms with van der Waals surface area (Å²) < 4.78 is 2.03. The van der Waals surface area contributed by atoms with Gasteiger partial charge in [-0.1, -0.05) is 37.0 Å². The van der Waals surface area contributed by atoms with E-state index in [1.165, 1.54) is 16.7 Å². The molecule has 2 aromatic rings. The van der Waals surface area contributed by atoms with Crippen LogP contribution in [0, 0.1) is 12.8 Å². The molecule has 3 heterocycles. The summed E-state index contributed by atoms with van der Waals surface area (Å²) in [6.07, 6.45) is 7.77. The van der Waals surface area contributed by atoms with E-state index >= 15 is 0 Å². The molecule has 6 nitrogen and oxygen atoms in total. The molecule has 152 valence electrons. The van der Waals surface area contributed by atoms with Gasteiger partial charge >= 0.3 is 0 Å². The number of fused-ring (bicyclic) bond motifs is 1. The minimum atomic E-state index is -0.189. The van der Waals surface area contributed by atoms with Gasteiger partial charge in [0.05, 0.1) is 10.5 Å². The zero-order valence-corrected chi connectivity index (χ0v) is 18.4. The van der Waals surface area contributed by atoms with Crippen LogP contribution in [0.4, 0.5) is 5.82 Å². The van der Waals surface area contributed by atoms with Crippen molar-refractivity contribution in [2.24, 2.45) is 5.92 Å². The summed E-state index contributed by atoms with van der Waals surface area (Å²) in [5.41, 5.74) is 1.77. The average molecular weight is 429 g/mol. The molecule has 0 radical (unpaired) electrons. The smallest absolute Gasteiger partial charge is 0.267 e. The number of likely N-dealkylation sites (N-methyl/N-ethyl adjacent to an activating group) is 1. The van der Waals surface area contributed by atoms with Gasteiger partial charge in [-0.25, -0.2) is 4.98 Å². The number of rotatable bonds is 3. The number of nitrogens with zero attached hydrogens (tertiary/aromatic N) is 3. The van der Waals surface area contributed by atoms with Gasteiger partial charge < -0.3 is 5.32 Å². The number of thiocarbonyl (C=S) groups is 1. The first-order chi connectivity index (χ1) is 13.8. The molecular formula is C21H24N4O2S2. The predicted molar refractivity (Wildman–Crippen MR) is 122 cm³/mol. The van der Waals surface area contributed by atoms with E-state index in [0.717, 1.165) is 37.2 Å². The van der Waals surface area contributed by atoms with Crippen LogP contribution in [0.2, 0.25) is 0 Å². The highest BCUT2D eigenvalue weighted by Gasteiger charge is 2.30. The maximum Gasteiger partial charge on any atom is 0.267 e. The number of hydrogen-bond acceptors (Lipinski definition) is 6. The van der Waals surface area contributed by atoms with Gasteiger partial charge in [0.25, 0.3) is 11.5 Å². The van der Waals surface area contributed by atoms with Crippen molar-refractivity contribution in [1.82, 2.24) is 14.3 Å². The number of nitrogens with one attached hydrogen (secondary N) is 1. The highest BCUT2D eigenvalue weighted by molar-refractivity contribution is 8.26. The summed E-state index contributed by atoms with van der Waals surface area (Å²) in [4.78, 5) is 32.5. The number of amides is 1. The summed E-state index contributed by atoms with van der Waals surface area (Å²) in [5.74, 6) is 1.09. The van der Waals surface area contributed by atoms with E-state index in [4.69, 9.17) is 17.2 Å². The molecule has 1 aliphatic heterocycles. The average Bonchev–Trinajstić information content (AvgIpc) is 2.94. The van der Waals surface area contributed by atoms with Crippen LogP contribution in [0.25, 0.3) is 11.7 Å². The second-order valence-corrected chi connectivity index (χ2v) is 9.58. The van der Waals surface area contributed by atoms with E-state index in [9.17, 15) is 9.59 Å². The number of aryl methyl sites for hydroxylation is 1. The van der Waals surface area contributed by atoms with Gasteiger partial charge in [-0.15, -0.1) is 0 Å². The van der Waals surface area contributed by atoms with Crippen molar-refractivity contribution >= 4 is 51.7 Å². The number of anilines is 1. The molecule has 2 aromatic heterocycles. The fourth-order valence-electron chi connectivity index (χ4n) is 3.83. The van der Waals surface area contributed by atoms with Crippen LogP contribution in [-0.2, 0) is 4.79 Å². The molecule has 1 N–H and O–H groups in total. The van der Waals surface area contributed by atoms with Crippen LogP contribution < -0.4 is 10.9 Å². The molecule has 4 rings (SSSR count). The molecule has 1 saturated heterocycles. The van der Waals surface area contributed by atoms with Gasteiger partial charge in [0, 0.05) is 19.3 Å². The van der Waals surface area contributed by atoms with Crippen molar-refractivity contribution in [3.63, 3.8) is 0 Å². The molecule has 0 bridgehead atoms. The zero-order valence-electron chi connectivity index (χ0n) is 16.8. The lowest BCUT2D eigenvalue weighted by Gasteiger charge is -2.28. The number of carbonyl (C=O) groups is 1. The lowest BCUT2D eigenvalue weighted by molar-refractivity contribution is -0.121. The maximum atomic E-state index is 13.3. The van der Waals surface area contributed by atoms with Crippen molar-refractivity contribution in [3.05, 3.63) is 44.7 Å². The third kappa shape index (κ3) is 3.83. The molecule has 2 fully saturated rings. The molecule has 0 aromatic carbocycles. The van der Waals surface area contributed by atoms with E-state index in [-0.39, 0.29) is 17.5 Å². The SMILES string of the molecule is Cc1cccn2c(=O)c(/C=C3/SC(=S)N(C)C3=O)c(NC3CCC(C)CC3)nc12. The Labute approximate surface area is 179 Å². The highest BCUT2D eigenvalue weighted by Crippen LogP contribution is 2.32. The summed E-state index contributed by atoms with van der Waals surface area (Å²) in [6.45, 7) is 4.22. The Bertz CT molecular complexity index is 1080. The largest absolute Gasteiger partial charge is 0.367 e. The number of carbonyl (C=O) groups excluding carboxylic acids is 1. The fourth-order valence-corrected chi connectivity index (χ4v) is 4.99. The second-order valence-electron chi connectivity index (χ2n) is 7.91. The van der Waals surface area contributed by atoms with Crippen molar-refractivity contribution in [3.8, 4) is 0 Å². The molecular weight excluding hydrogens is 404 g/mol. The Balaban J connectivity index is 1.83. The Morgan fingerprint density at radius 2 is 2.00 bits per heavy atom. The van der Waals surface area contributed by atoms with Crippen LogP contribution in [0.5, 0.6) is 0 Å². The first kappa shape index (κ1) is 20.1. The minimum Gasteiger partial charge on any atom is -0.367 e. The van der Waals surface area contributed by atoms with E-state index in [2.05, 4.69) is 12.2 Å². The Hall–Kier alpha value is -2.19. The number of hydrogen-bond donors (Lipinski definition) is 1. The molecule has 8 heteroatoms. The van der Waals surface area contributed by atoms with E-state index < -0.39 is 0 Å². The van der Waals surface area contributed by atoms with Gasteiger partial charge in [0.2, 0.25) is 0 Å². The second kappa shape index (κ2) is 7.91. The van der Waals surface area contributed by atoms with Crippen molar-refractivity contribution in [1.29, 1.82) is 0 Å². The van der Waals surface area contributed by atoms with Gasteiger partial charge in [-0.2, -0.15) is 0 Å². The lowest BCUT2D eigenvalue weighted by atomic mass is 9.87. The van der Waals surface area contributed by atoms with Crippen LogP contribution >= 0.6 is 24.0 Å². The van der Waals surface area contributed by atoms with Crippen LogP contribution in [-0.4, -0.2) is 37.6 Å². The van der Waals surface area contributed by atoms with E-state index in [1.54, 1.807) is 23.7 Å². The Morgan fingerprint density at radius 3 is 2.66 bits per heavy atom. The summed E-state index contributed by atoms with van der Waals surface area (Å²) >= 11 is 6.44. The standard InChI is InChI=1S/C21H24N4O2S2/c1-12-6-8-14(9-7-12)22-17-15(11-16-20(27)24(3)21(28)29-16)19(26)25-10-4-5-13(2)18(25)23-17/h4-5,10-12,14,22H,6-9H2,1-3H3/b16-11+.